The molecule has 3 heterocycles. The zero-order valence-electron chi connectivity index (χ0n) is 14.6. The fraction of sp³-hybridized carbons (Fsp3) is 0.368. The maximum Gasteiger partial charge on any atom is 0.225 e. The smallest absolute Gasteiger partial charge is 0.225 e. The SMILES string of the molecule is N=CC1=NCCN(c2ccccc2-c2cnc(N3CCOCC3)nc2)C1. The molecule has 1 N–H and O–H groups in total. The molecule has 1 saturated heterocycles. The summed E-state index contributed by atoms with van der Waals surface area (Å²) in [5, 5.41) is 7.47. The van der Waals surface area contributed by atoms with Gasteiger partial charge in [-0.25, -0.2) is 9.97 Å². The Morgan fingerprint density at radius 1 is 1.00 bits per heavy atom. The summed E-state index contributed by atoms with van der Waals surface area (Å²) in [4.78, 5) is 17.9. The van der Waals surface area contributed by atoms with Gasteiger partial charge >= 0.3 is 0 Å². The minimum Gasteiger partial charge on any atom is -0.378 e. The van der Waals surface area contributed by atoms with Crippen molar-refractivity contribution in [2.24, 2.45) is 4.99 Å². The normalized spacial score (nSPS) is 17.8. The summed E-state index contributed by atoms with van der Waals surface area (Å²) in [5.41, 5.74) is 4.04. The highest BCUT2D eigenvalue weighted by atomic mass is 16.5. The first kappa shape index (κ1) is 16.7. The molecule has 0 amide bonds. The predicted molar refractivity (Wildman–Crippen MR) is 104 cm³/mol. The van der Waals surface area contributed by atoms with Crippen LogP contribution in [0.3, 0.4) is 0 Å². The standard InChI is InChI=1S/C19H22N6O/c20-11-16-14-25(6-5-21-16)18-4-2-1-3-17(18)15-12-22-19(23-13-15)24-7-9-26-10-8-24/h1-4,11-13,20H,5-10,14H2. The van der Waals surface area contributed by atoms with E-state index in [0.29, 0.717) is 13.1 Å². The van der Waals surface area contributed by atoms with Crippen LogP contribution in [0.2, 0.25) is 0 Å². The highest BCUT2D eigenvalue weighted by Gasteiger charge is 2.18. The molecule has 2 aliphatic heterocycles. The van der Waals surface area contributed by atoms with Gasteiger partial charge in [0.2, 0.25) is 5.95 Å². The molecular formula is C19H22N6O. The van der Waals surface area contributed by atoms with E-state index in [0.717, 1.165) is 61.3 Å². The largest absolute Gasteiger partial charge is 0.378 e. The molecule has 2 aromatic rings. The van der Waals surface area contributed by atoms with Crippen LogP contribution in [-0.2, 0) is 4.74 Å². The van der Waals surface area contributed by atoms with Crippen LogP contribution < -0.4 is 9.80 Å². The second-order valence-electron chi connectivity index (χ2n) is 6.33. The molecule has 1 fully saturated rings. The summed E-state index contributed by atoms with van der Waals surface area (Å²) in [7, 11) is 0. The Morgan fingerprint density at radius 3 is 2.54 bits per heavy atom. The van der Waals surface area contributed by atoms with Crippen LogP contribution in [0, 0.1) is 5.41 Å². The van der Waals surface area contributed by atoms with Crippen molar-refractivity contribution in [3.63, 3.8) is 0 Å². The zero-order chi connectivity index (χ0) is 17.8. The van der Waals surface area contributed by atoms with Crippen molar-refractivity contribution in [1.29, 1.82) is 5.41 Å². The summed E-state index contributed by atoms with van der Waals surface area (Å²) >= 11 is 0. The Bertz CT molecular complexity index is 798. The van der Waals surface area contributed by atoms with Gasteiger partial charge in [0.1, 0.15) is 0 Å². The number of aromatic nitrogens is 2. The van der Waals surface area contributed by atoms with E-state index in [-0.39, 0.29) is 0 Å². The third-order valence-electron chi connectivity index (χ3n) is 4.69. The lowest BCUT2D eigenvalue weighted by Gasteiger charge is -2.29. The fourth-order valence-electron chi connectivity index (χ4n) is 3.32. The molecule has 7 heteroatoms. The van der Waals surface area contributed by atoms with Crippen LogP contribution >= 0.6 is 0 Å². The molecule has 0 aliphatic carbocycles. The molecule has 2 aliphatic rings. The van der Waals surface area contributed by atoms with Gasteiger partial charge in [-0.15, -0.1) is 0 Å². The first-order valence-electron chi connectivity index (χ1n) is 8.88. The molecule has 0 bridgehead atoms. The Kier molecular flexibility index (Phi) is 4.88. The zero-order valence-corrected chi connectivity index (χ0v) is 14.6. The van der Waals surface area contributed by atoms with Gasteiger partial charge in [-0.1, -0.05) is 18.2 Å². The Labute approximate surface area is 152 Å². The van der Waals surface area contributed by atoms with Gasteiger partial charge in [0.15, 0.2) is 0 Å². The molecule has 26 heavy (non-hydrogen) atoms. The summed E-state index contributed by atoms with van der Waals surface area (Å²) in [6.07, 6.45) is 5.13. The van der Waals surface area contributed by atoms with Gasteiger partial charge in [-0.05, 0) is 6.07 Å². The molecule has 0 saturated carbocycles. The quantitative estimate of drug-likeness (QED) is 0.852. The van der Waals surface area contributed by atoms with Crippen molar-refractivity contribution < 1.29 is 4.74 Å². The topological polar surface area (TPSA) is 77.7 Å². The molecule has 0 atom stereocenters. The van der Waals surface area contributed by atoms with Crippen molar-refractivity contribution in [2.75, 3.05) is 55.7 Å². The summed E-state index contributed by atoms with van der Waals surface area (Å²) < 4.78 is 5.39. The van der Waals surface area contributed by atoms with Crippen molar-refractivity contribution in [3.8, 4) is 11.1 Å². The van der Waals surface area contributed by atoms with Gasteiger partial charge < -0.3 is 19.9 Å². The third kappa shape index (κ3) is 3.43. The van der Waals surface area contributed by atoms with Crippen LogP contribution in [0.25, 0.3) is 11.1 Å². The van der Waals surface area contributed by atoms with Crippen LogP contribution in [0.5, 0.6) is 0 Å². The van der Waals surface area contributed by atoms with Crippen LogP contribution in [0.15, 0.2) is 41.7 Å². The molecule has 0 spiro atoms. The van der Waals surface area contributed by atoms with Gasteiger partial charge in [0, 0.05) is 55.1 Å². The van der Waals surface area contributed by atoms with Crippen molar-refractivity contribution in [2.45, 2.75) is 0 Å². The summed E-state index contributed by atoms with van der Waals surface area (Å²) in [6.45, 7) is 5.32. The van der Waals surface area contributed by atoms with Crippen molar-refractivity contribution in [1.82, 2.24) is 9.97 Å². The monoisotopic (exact) mass is 350 g/mol. The lowest BCUT2D eigenvalue weighted by atomic mass is 10.1. The average molecular weight is 350 g/mol. The number of nitrogens with zero attached hydrogens (tertiary/aromatic N) is 5. The first-order valence-corrected chi connectivity index (χ1v) is 8.88. The van der Waals surface area contributed by atoms with Gasteiger partial charge in [-0.3, -0.25) is 4.99 Å². The van der Waals surface area contributed by atoms with E-state index >= 15 is 0 Å². The summed E-state index contributed by atoms with van der Waals surface area (Å²) in [5.74, 6) is 0.755. The molecule has 7 nitrogen and oxygen atoms in total. The Morgan fingerprint density at radius 2 is 1.77 bits per heavy atom. The third-order valence-corrected chi connectivity index (χ3v) is 4.69. The van der Waals surface area contributed by atoms with Crippen molar-refractivity contribution >= 4 is 23.6 Å². The molecule has 1 aromatic heterocycles. The minimum absolute atomic E-state index is 0.660. The number of rotatable bonds is 4. The predicted octanol–water partition coefficient (Wildman–Crippen LogP) is 1.89. The number of para-hydroxylation sites is 1. The Hall–Kier alpha value is -2.80. The van der Waals surface area contributed by atoms with Crippen LogP contribution in [0.1, 0.15) is 0 Å². The average Bonchev–Trinajstić information content (AvgIpc) is 2.74. The van der Waals surface area contributed by atoms with Gasteiger partial charge in [0.25, 0.3) is 0 Å². The molecule has 0 unspecified atom stereocenters. The fourth-order valence-corrected chi connectivity index (χ4v) is 3.32. The highest BCUT2D eigenvalue weighted by molar-refractivity contribution is 6.31. The second-order valence-corrected chi connectivity index (χ2v) is 6.33. The first-order chi connectivity index (χ1) is 12.8. The number of anilines is 2. The molecule has 1 aromatic carbocycles. The van der Waals surface area contributed by atoms with E-state index in [1.807, 2.05) is 24.5 Å². The lowest BCUT2D eigenvalue weighted by molar-refractivity contribution is 0.122. The number of hydrogen-bond acceptors (Lipinski definition) is 7. The maximum absolute atomic E-state index is 7.47. The van der Waals surface area contributed by atoms with E-state index in [1.165, 1.54) is 6.21 Å². The molecule has 134 valence electrons. The highest BCUT2D eigenvalue weighted by Crippen LogP contribution is 2.31. The number of nitrogens with one attached hydrogen (secondary N) is 1. The van der Waals surface area contributed by atoms with E-state index in [1.54, 1.807) is 0 Å². The molecule has 0 radical (unpaired) electrons. The number of ether oxygens (including phenoxy) is 1. The van der Waals surface area contributed by atoms with Crippen LogP contribution in [0.4, 0.5) is 11.6 Å². The lowest BCUT2D eigenvalue weighted by Crippen LogP contribution is -2.37. The van der Waals surface area contributed by atoms with E-state index in [4.69, 9.17) is 10.1 Å². The van der Waals surface area contributed by atoms with E-state index in [2.05, 4.69) is 36.9 Å². The maximum atomic E-state index is 7.47. The van der Waals surface area contributed by atoms with E-state index in [9.17, 15) is 0 Å². The van der Waals surface area contributed by atoms with E-state index < -0.39 is 0 Å². The van der Waals surface area contributed by atoms with Crippen LogP contribution in [-0.4, -0.2) is 67.8 Å². The number of morpholine rings is 1. The van der Waals surface area contributed by atoms with Gasteiger partial charge in [0.05, 0.1) is 32.0 Å². The van der Waals surface area contributed by atoms with Gasteiger partial charge in [-0.2, -0.15) is 0 Å². The molecular weight excluding hydrogens is 328 g/mol. The Balaban J connectivity index is 1.60. The summed E-state index contributed by atoms with van der Waals surface area (Å²) in [6, 6.07) is 8.28. The number of benzene rings is 1. The number of hydrogen-bond donors (Lipinski definition) is 1. The second kappa shape index (κ2) is 7.61. The number of aliphatic imine (C=N–C) groups is 1. The minimum atomic E-state index is 0.660. The van der Waals surface area contributed by atoms with Crippen molar-refractivity contribution in [3.05, 3.63) is 36.7 Å². The molecule has 4 rings (SSSR count).